The highest BCUT2D eigenvalue weighted by molar-refractivity contribution is 7.12. The average molecular weight is 344 g/mol. The lowest BCUT2D eigenvalue weighted by atomic mass is 10.1. The number of carbonyl (C=O) groups excluding carboxylic acids is 1. The third-order valence-corrected chi connectivity index (χ3v) is 5.27. The molecule has 0 bridgehead atoms. The minimum atomic E-state index is 0.0182. The van der Waals surface area contributed by atoms with Gasteiger partial charge in [0.25, 0.3) is 5.91 Å². The number of carbonyl (C=O) groups is 1. The van der Waals surface area contributed by atoms with Crippen LogP contribution in [-0.4, -0.2) is 50.2 Å². The molecule has 1 fully saturated rings. The van der Waals surface area contributed by atoms with Crippen molar-refractivity contribution in [1.82, 2.24) is 10.2 Å². The molecule has 4 nitrogen and oxygen atoms in total. The minimum Gasteiger partial charge on any atom is -0.379 e. The van der Waals surface area contributed by atoms with Gasteiger partial charge in [-0.05, 0) is 34.6 Å². The number of nitrogens with one attached hydrogen (secondary N) is 1. The van der Waals surface area contributed by atoms with E-state index in [4.69, 9.17) is 4.74 Å². The summed E-state index contributed by atoms with van der Waals surface area (Å²) < 4.78 is 5.33. The smallest absolute Gasteiger partial charge is 0.261 e. The van der Waals surface area contributed by atoms with Gasteiger partial charge in [0.2, 0.25) is 0 Å². The van der Waals surface area contributed by atoms with Crippen LogP contribution in [0.2, 0.25) is 0 Å². The normalized spacial score (nSPS) is 15.4. The summed E-state index contributed by atoms with van der Waals surface area (Å²) in [5.41, 5.74) is 3.60. The lowest BCUT2D eigenvalue weighted by Gasteiger charge is -2.26. The molecule has 0 spiro atoms. The fourth-order valence-corrected chi connectivity index (χ4v) is 3.61. The van der Waals surface area contributed by atoms with Crippen LogP contribution in [-0.2, 0) is 11.2 Å². The molecule has 5 heteroatoms. The van der Waals surface area contributed by atoms with Gasteiger partial charge in [-0.2, -0.15) is 0 Å². The van der Waals surface area contributed by atoms with Gasteiger partial charge in [0.1, 0.15) is 0 Å². The zero-order valence-electron chi connectivity index (χ0n) is 14.1. The van der Waals surface area contributed by atoms with Crippen LogP contribution in [0.3, 0.4) is 0 Å². The highest BCUT2D eigenvalue weighted by Gasteiger charge is 2.12. The maximum absolute atomic E-state index is 12.3. The molecule has 0 saturated carbocycles. The van der Waals surface area contributed by atoms with E-state index >= 15 is 0 Å². The van der Waals surface area contributed by atoms with E-state index in [-0.39, 0.29) is 5.91 Å². The quantitative estimate of drug-likeness (QED) is 0.876. The number of morpholine rings is 1. The SMILES string of the molecule is CCc1ccc(-c2csc(C(=O)NCCN3CCOCC3)c2)cc1. The van der Waals surface area contributed by atoms with Gasteiger partial charge in [-0.1, -0.05) is 31.2 Å². The lowest BCUT2D eigenvalue weighted by Crippen LogP contribution is -2.41. The number of aryl methyl sites for hydroxylation is 1. The number of hydrogen-bond donors (Lipinski definition) is 1. The summed E-state index contributed by atoms with van der Waals surface area (Å²) in [4.78, 5) is 15.4. The first-order valence-electron chi connectivity index (χ1n) is 8.52. The molecule has 0 radical (unpaired) electrons. The van der Waals surface area contributed by atoms with Crippen molar-refractivity contribution < 1.29 is 9.53 Å². The Kier molecular flexibility index (Phi) is 6.01. The number of thiophene rings is 1. The van der Waals surface area contributed by atoms with Crippen LogP contribution in [0.5, 0.6) is 0 Å². The third kappa shape index (κ3) is 4.44. The van der Waals surface area contributed by atoms with E-state index in [2.05, 4.69) is 46.8 Å². The van der Waals surface area contributed by atoms with Gasteiger partial charge in [0.15, 0.2) is 0 Å². The van der Waals surface area contributed by atoms with Gasteiger partial charge in [-0.25, -0.2) is 0 Å². The molecule has 2 heterocycles. The van der Waals surface area contributed by atoms with Crippen molar-refractivity contribution >= 4 is 17.2 Å². The summed E-state index contributed by atoms with van der Waals surface area (Å²) >= 11 is 1.50. The van der Waals surface area contributed by atoms with Gasteiger partial charge < -0.3 is 10.1 Å². The first kappa shape index (κ1) is 17.1. The molecule has 1 aromatic carbocycles. The molecule has 1 aliphatic heterocycles. The van der Waals surface area contributed by atoms with Crippen molar-refractivity contribution in [3.05, 3.63) is 46.2 Å². The number of hydrogen-bond acceptors (Lipinski definition) is 4. The van der Waals surface area contributed by atoms with Crippen molar-refractivity contribution in [3.63, 3.8) is 0 Å². The number of rotatable bonds is 6. The van der Waals surface area contributed by atoms with Crippen molar-refractivity contribution in [2.24, 2.45) is 0 Å². The fraction of sp³-hybridized carbons (Fsp3) is 0.421. The summed E-state index contributed by atoms with van der Waals surface area (Å²) in [7, 11) is 0. The van der Waals surface area contributed by atoms with E-state index in [1.165, 1.54) is 16.9 Å². The maximum Gasteiger partial charge on any atom is 0.261 e. The first-order valence-corrected chi connectivity index (χ1v) is 9.40. The summed E-state index contributed by atoms with van der Waals surface area (Å²) in [6.07, 6.45) is 1.04. The van der Waals surface area contributed by atoms with E-state index in [1.807, 2.05) is 6.07 Å². The van der Waals surface area contributed by atoms with Crippen LogP contribution < -0.4 is 5.32 Å². The van der Waals surface area contributed by atoms with Gasteiger partial charge in [0.05, 0.1) is 18.1 Å². The molecule has 24 heavy (non-hydrogen) atoms. The standard InChI is InChI=1S/C19H24N2O2S/c1-2-15-3-5-16(6-4-15)17-13-18(24-14-17)19(22)20-7-8-21-9-11-23-12-10-21/h3-6,13-14H,2,7-12H2,1H3,(H,20,22). The van der Waals surface area contributed by atoms with Crippen LogP contribution in [0.1, 0.15) is 22.2 Å². The van der Waals surface area contributed by atoms with Crippen molar-refractivity contribution in [2.45, 2.75) is 13.3 Å². The Morgan fingerprint density at radius 1 is 1.21 bits per heavy atom. The van der Waals surface area contributed by atoms with E-state index < -0.39 is 0 Å². The highest BCUT2D eigenvalue weighted by atomic mass is 32.1. The largest absolute Gasteiger partial charge is 0.379 e. The lowest BCUT2D eigenvalue weighted by molar-refractivity contribution is 0.0383. The topological polar surface area (TPSA) is 41.6 Å². The zero-order valence-corrected chi connectivity index (χ0v) is 14.9. The second-order valence-corrected chi connectivity index (χ2v) is 6.87. The molecular formula is C19H24N2O2S. The van der Waals surface area contributed by atoms with Crippen LogP contribution in [0.15, 0.2) is 35.7 Å². The molecular weight excluding hydrogens is 320 g/mol. The summed E-state index contributed by atoms with van der Waals surface area (Å²) in [6, 6.07) is 10.5. The highest BCUT2D eigenvalue weighted by Crippen LogP contribution is 2.26. The Balaban J connectivity index is 1.53. The van der Waals surface area contributed by atoms with Crippen LogP contribution in [0.4, 0.5) is 0 Å². The monoisotopic (exact) mass is 344 g/mol. The molecule has 0 unspecified atom stereocenters. The predicted molar refractivity (Wildman–Crippen MR) is 98.7 cm³/mol. The van der Waals surface area contributed by atoms with Crippen LogP contribution in [0, 0.1) is 0 Å². The molecule has 1 saturated heterocycles. The van der Waals surface area contributed by atoms with Crippen molar-refractivity contribution in [1.29, 1.82) is 0 Å². The Hall–Kier alpha value is -1.69. The molecule has 1 aromatic heterocycles. The number of amides is 1. The summed E-state index contributed by atoms with van der Waals surface area (Å²) in [5.74, 6) is 0.0182. The molecule has 1 N–H and O–H groups in total. The van der Waals surface area contributed by atoms with Gasteiger partial charge in [0, 0.05) is 26.2 Å². The predicted octanol–water partition coefficient (Wildman–Crippen LogP) is 3.04. The second-order valence-electron chi connectivity index (χ2n) is 5.96. The van der Waals surface area contributed by atoms with Gasteiger partial charge in [-0.15, -0.1) is 11.3 Å². The van der Waals surface area contributed by atoms with Gasteiger partial charge in [-0.3, -0.25) is 9.69 Å². The first-order chi connectivity index (χ1) is 11.8. The molecule has 1 amide bonds. The summed E-state index contributed by atoms with van der Waals surface area (Å²) in [5, 5.41) is 5.07. The zero-order chi connectivity index (χ0) is 16.8. The second kappa shape index (κ2) is 8.42. The Labute approximate surface area is 147 Å². The molecule has 3 rings (SSSR count). The van der Waals surface area contributed by atoms with Crippen LogP contribution in [0.25, 0.3) is 11.1 Å². The number of nitrogens with zero attached hydrogens (tertiary/aromatic N) is 1. The van der Waals surface area contributed by atoms with E-state index in [0.29, 0.717) is 6.54 Å². The van der Waals surface area contributed by atoms with E-state index in [1.54, 1.807) is 0 Å². The fourth-order valence-electron chi connectivity index (χ4n) is 2.78. The number of ether oxygens (including phenoxy) is 1. The summed E-state index contributed by atoms with van der Waals surface area (Å²) in [6.45, 7) is 7.19. The van der Waals surface area contributed by atoms with Crippen molar-refractivity contribution in [3.8, 4) is 11.1 Å². The maximum atomic E-state index is 12.3. The van der Waals surface area contributed by atoms with Crippen molar-refractivity contribution in [2.75, 3.05) is 39.4 Å². The number of benzene rings is 1. The third-order valence-electron chi connectivity index (χ3n) is 4.34. The Morgan fingerprint density at radius 3 is 2.67 bits per heavy atom. The molecule has 1 aliphatic rings. The Morgan fingerprint density at radius 2 is 1.96 bits per heavy atom. The Bertz CT molecular complexity index is 660. The van der Waals surface area contributed by atoms with E-state index in [0.717, 1.165) is 55.3 Å². The molecule has 2 aromatic rings. The molecule has 0 aliphatic carbocycles. The molecule has 0 atom stereocenters. The van der Waals surface area contributed by atoms with Crippen LogP contribution >= 0.6 is 11.3 Å². The molecule has 128 valence electrons. The van der Waals surface area contributed by atoms with Gasteiger partial charge >= 0.3 is 0 Å². The average Bonchev–Trinajstić information content (AvgIpc) is 3.13. The van der Waals surface area contributed by atoms with E-state index in [9.17, 15) is 4.79 Å². The minimum absolute atomic E-state index is 0.0182.